The zero-order valence-electron chi connectivity index (χ0n) is 19.1. The van der Waals surface area contributed by atoms with E-state index in [4.69, 9.17) is 6.42 Å². The lowest BCUT2D eigenvalue weighted by Crippen LogP contribution is -2.54. The molecule has 0 saturated heterocycles. The Bertz CT molecular complexity index is 803. The summed E-state index contributed by atoms with van der Waals surface area (Å²) in [5, 5.41) is 10.2. The van der Waals surface area contributed by atoms with E-state index in [1.54, 1.807) is 0 Å². The van der Waals surface area contributed by atoms with Crippen LogP contribution in [0.4, 0.5) is 0 Å². The molecule has 6 heteroatoms. The van der Waals surface area contributed by atoms with Crippen LogP contribution in [0.5, 0.6) is 0 Å². The first-order valence-electron chi connectivity index (χ1n) is 12.3. The topological polar surface area (TPSA) is 86.7 Å². The Labute approximate surface area is 188 Å². The van der Waals surface area contributed by atoms with Crippen molar-refractivity contribution in [3.8, 4) is 12.3 Å². The number of aliphatic hydroxyl groups is 1. The first-order valence-corrected chi connectivity index (χ1v) is 13.7. The van der Waals surface area contributed by atoms with E-state index in [9.17, 15) is 18.1 Å². The predicted molar refractivity (Wildman–Crippen MR) is 118 cm³/mol. The molecular formula is C25H39O5S-. The van der Waals surface area contributed by atoms with E-state index in [1.807, 2.05) is 0 Å². The fraction of sp³-hybridized carbons (Fsp3) is 0.920. The Morgan fingerprint density at radius 3 is 2.52 bits per heavy atom. The van der Waals surface area contributed by atoms with E-state index in [-0.39, 0.29) is 24.0 Å². The quantitative estimate of drug-likeness (QED) is 0.278. The van der Waals surface area contributed by atoms with Gasteiger partial charge in [0.1, 0.15) is 0 Å². The molecule has 4 aliphatic rings. The maximum Gasteiger partial charge on any atom is 0.217 e. The number of terminal acetylenes is 1. The standard InChI is InChI=1S/C25H40O5S/c1-4-17(6-5-15-30-31(27,28)29)21-9-10-22-20-8-7-18-16-19(26)11-13-24(18,2)23(20)12-14-25(21,22)3/h1,17-23,26H,5-16H2,2-3H3,(H,27,28,29)/p-1/t17-,18+,19+,20?,21?,22?,23?,24+,25-/m1/s1. The van der Waals surface area contributed by atoms with Crippen LogP contribution in [-0.4, -0.2) is 30.8 Å². The Morgan fingerprint density at radius 1 is 1.10 bits per heavy atom. The van der Waals surface area contributed by atoms with E-state index < -0.39 is 10.4 Å². The molecule has 5 nitrogen and oxygen atoms in total. The fourth-order valence-electron chi connectivity index (χ4n) is 8.80. The molecule has 4 rings (SSSR count). The highest BCUT2D eigenvalue weighted by Gasteiger charge is 2.60. The van der Waals surface area contributed by atoms with Crippen molar-refractivity contribution in [2.24, 2.45) is 46.3 Å². The summed E-state index contributed by atoms with van der Waals surface area (Å²) in [4.78, 5) is 0. The van der Waals surface area contributed by atoms with Gasteiger partial charge in [-0.1, -0.05) is 13.8 Å². The summed E-state index contributed by atoms with van der Waals surface area (Å²) in [5.41, 5.74) is 0.634. The maximum atomic E-state index is 10.7. The van der Waals surface area contributed by atoms with Crippen LogP contribution in [0.2, 0.25) is 0 Å². The largest absolute Gasteiger partial charge is 0.726 e. The third-order valence-corrected chi connectivity index (χ3v) is 10.8. The van der Waals surface area contributed by atoms with Crippen molar-refractivity contribution in [3.63, 3.8) is 0 Å². The molecule has 176 valence electrons. The van der Waals surface area contributed by atoms with Crippen molar-refractivity contribution in [2.45, 2.75) is 90.6 Å². The molecule has 0 aliphatic heterocycles. The molecule has 4 aliphatic carbocycles. The lowest BCUT2D eigenvalue weighted by atomic mass is 9.44. The highest BCUT2D eigenvalue weighted by atomic mass is 32.3. The van der Waals surface area contributed by atoms with Crippen LogP contribution in [0.25, 0.3) is 0 Å². The smallest absolute Gasteiger partial charge is 0.217 e. The molecule has 0 aromatic rings. The predicted octanol–water partition coefficient (Wildman–Crippen LogP) is 4.51. The number of rotatable bonds is 6. The molecule has 0 radical (unpaired) electrons. The summed E-state index contributed by atoms with van der Waals surface area (Å²) < 4.78 is 36.4. The van der Waals surface area contributed by atoms with Gasteiger partial charge < -0.3 is 9.66 Å². The van der Waals surface area contributed by atoms with E-state index in [1.165, 1.54) is 38.5 Å². The Balaban J connectivity index is 1.45. The zero-order chi connectivity index (χ0) is 22.4. The molecule has 0 aromatic carbocycles. The molecule has 0 heterocycles. The van der Waals surface area contributed by atoms with Crippen molar-refractivity contribution in [1.82, 2.24) is 0 Å². The van der Waals surface area contributed by atoms with E-state index >= 15 is 0 Å². The molecule has 0 bridgehead atoms. The molecule has 4 saturated carbocycles. The van der Waals surface area contributed by atoms with Gasteiger partial charge in [0.25, 0.3) is 0 Å². The van der Waals surface area contributed by atoms with Crippen molar-refractivity contribution >= 4 is 10.4 Å². The summed E-state index contributed by atoms with van der Waals surface area (Å²) >= 11 is 0. The van der Waals surface area contributed by atoms with Gasteiger partial charge in [-0.3, -0.25) is 4.18 Å². The summed E-state index contributed by atoms with van der Waals surface area (Å²) in [5.74, 6) is 6.53. The molecule has 1 N–H and O–H groups in total. The lowest BCUT2D eigenvalue weighted by Gasteiger charge is -2.61. The van der Waals surface area contributed by atoms with Crippen LogP contribution in [0.1, 0.15) is 84.5 Å². The highest BCUT2D eigenvalue weighted by Crippen LogP contribution is 2.68. The highest BCUT2D eigenvalue weighted by molar-refractivity contribution is 7.80. The summed E-state index contributed by atoms with van der Waals surface area (Å²) in [6, 6.07) is 0. The second-order valence-corrected chi connectivity index (χ2v) is 12.5. The average Bonchev–Trinajstić information content (AvgIpc) is 3.05. The minimum Gasteiger partial charge on any atom is -0.726 e. The number of aliphatic hydroxyl groups excluding tert-OH is 1. The van der Waals surface area contributed by atoms with Gasteiger partial charge in [0.15, 0.2) is 0 Å². The van der Waals surface area contributed by atoms with Gasteiger partial charge >= 0.3 is 0 Å². The van der Waals surface area contributed by atoms with Crippen LogP contribution < -0.4 is 0 Å². The molecule has 4 unspecified atom stereocenters. The Hall–Kier alpha value is -0.610. The van der Waals surface area contributed by atoms with Gasteiger partial charge in [-0.05, 0) is 111 Å². The molecule has 4 fully saturated rings. The summed E-state index contributed by atoms with van der Waals surface area (Å²) in [7, 11) is -4.63. The normalized spacial score (nSPS) is 45.8. The monoisotopic (exact) mass is 451 g/mol. The van der Waals surface area contributed by atoms with Gasteiger partial charge in [-0.2, -0.15) is 0 Å². The lowest BCUT2D eigenvalue weighted by molar-refractivity contribution is -0.128. The van der Waals surface area contributed by atoms with Gasteiger partial charge in [0.2, 0.25) is 10.4 Å². The Kier molecular flexibility index (Phi) is 6.55. The molecule has 0 amide bonds. The van der Waals surface area contributed by atoms with Crippen molar-refractivity contribution < 1.29 is 22.3 Å². The molecule has 31 heavy (non-hydrogen) atoms. The molecular weight excluding hydrogens is 412 g/mol. The molecule has 0 aromatic heterocycles. The van der Waals surface area contributed by atoms with Gasteiger partial charge in [0.05, 0.1) is 12.7 Å². The second-order valence-electron chi connectivity index (χ2n) is 11.5. The fourth-order valence-corrected chi connectivity index (χ4v) is 9.12. The maximum absolute atomic E-state index is 10.7. The van der Waals surface area contributed by atoms with Crippen molar-refractivity contribution in [3.05, 3.63) is 0 Å². The van der Waals surface area contributed by atoms with Crippen LogP contribution in [0.3, 0.4) is 0 Å². The number of fused-ring (bicyclic) bond motifs is 5. The first-order chi connectivity index (χ1) is 14.6. The number of hydrogen-bond donors (Lipinski definition) is 1. The third kappa shape index (κ3) is 4.33. The van der Waals surface area contributed by atoms with E-state index in [0.29, 0.717) is 30.1 Å². The molecule has 9 atom stereocenters. The van der Waals surface area contributed by atoms with Crippen LogP contribution in [0.15, 0.2) is 0 Å². The van der Waals surface area contributed by atoms with Crippen LogP contribution in [-0.2, 0) is 14.6 Å². The molecule has 0 spiro atoms. The van der Waals surface area contributed by atoms with Gasteiger partial charge in [-0.15, -0.1) is 12.3 Å². The zero-order valence-corrected chi connectivity index (χ0v) is 19.9. The first kappa shape index (κ1) is 23.5. The number of hydrogen-bond acceptors (Lipinski definition) is 5. The average molecular weight is 452 g/mol. The van der Waals surface area contributed by atoms with Crippen LogP contribution >= 0.6 is 0 Å². The van der Waals surface area contributed by atoms with Crippen molar-refractivity contribution in [2.75, 3.05) is 6.61 Å². The summed E-state index contributed by atoms with van der Waals surface area (Å²) in [6.45, 7) is 4.91. The van der Waals surface area contributed by atoms with Gasteiger partial charge in [-0.25, -0.2) is 8.42 Å². The minimum absolute atomic E-state index is 0.0762. The third-order valence-electron chi connectivity index (χ3n) is 10.3. The van der Waals surface area contributed by atoms with Crippen LogP contribution in [0, 0.1) is 58.7 Å². The SMILES string of the molecule is C#C[C@H](CCCOS(=O)(=O)[O-])C1CCC2C3CC[C@H]4C[C@@H](O)CC[C@]4(C)C3CC[C@@]21C. The Morgan fingerprint density at radius 2 is 1.81 bits per heavy atom. The van der Waals surface area contributed by atoms with E-state index in [0.717, 1.165) is 37.0 Å². The van der Waals surface area contributed by atoms with Crippen molar-refractivity contribution in [1.29, 1.82) is 0 Å². The summed E-state index contributed by atoms with van der Waals surface area (Å²) in [6.07, 6.45) is 17.6. The minimum atomic E-state index is -4.63. The van der Waals surface area contributed by atoms with Gasteiger partial charge in [0, 0.05) is 5.92 Å². The van der Waals surface area contributed by atoms with E-state index in [2.05, 4.69) is 24.0 Å². The second kappa shape index (κ2) is 8.63.